The van der Waals surface area contributed by atoms with Crippen LogP contribution in [-0.2, 0) is 4.79 Å². The van der Waals surface area contributed by atoms with Crippen molar-refractivity contribution in [1.82, 2.24) is 0 Å². The summed E-state index contributed by atoms with van der Waals surface area (Å²) >= 11 is 7.79. The molecular formula is C15H14ClNO2S. The Kier molecular flexibility index (Phi) is 4.93. The van der Waals surface area contributed by atoms with Crippen molar-refractivity contribution in [1.29, 1.82) is 0 Å². The molecule has 5 heteroatoms. The monoisotopic (exact) mass is 307 g/mol. The number of ether oxygens (including phenoxy) is 1. The number of hydrogen-bond donors (Lipinski definition) is 1. The van der Waals surface area contributed by atoms with E-state index in [1.807, 2.05) is 24.5 Å². The fraction of sp³-hybridized carbons (Fsp3) is 0.133. The Balaban J connectivity index is 2.12. The lowest BCUT2D eigenvalue weighted by Gasteiger charge is -2.09. The lowest BCUT2D eigenvalue weighted by molar-refractivity contribution is -0.114. The van der Waals surface area contributed by atoms with Crippen LogP contribution in [0, 0.1) is 0 Å². The number of carbonyl (C=O) groups excluding carboxylic acids is 1. The Morgan fingerprint density at radius 2 is 1.90 bits per heavy atom. The summed E-state index contributed by atoms with van der Waals surface area (Å²) in [5.41, 5.74) is 0.730. The van der Waals surface area contributed by atoms with Crippen LogP contribution in [0.5, 0.6) is 11.5 Å². The van der Waals surface area contributed by atoms with Gasteiger partial charge in [0, 0.05) is 17.5 Å². The molecule has 1 amide bonds. The first-order valence-corrected chi connectivity index (χ1v) is 7.58. The van der Waals surface area contributed by atoms with Crippen LogP contribution in [-0.4, -0.2) is 12.2 Å². The number of carbonyl (C=O) groups is 1. The minimum Gasteiger partial charge on any atom is -0.456 e. The lowest BCUT2D eigenvalue weighted by atomic mass is 10.3. The molecule has 0 aliphatic heterocycles. The van der Waals surface area contributed by atoms with E-state index in [9.17, 15) is 4.79 Å². The van der Waals surface area contributed by atoms with Gasteiger partial charge in [0.25, 0.3) is 0 Å². The first-order chi connectivity index (χ1) is 9.58. The fourth-order valence-electron chi connectivity index (χ4n) is 1.63. The predicted octanol–water partition coefficient (Wildman–Crippen LogP) is 4.81. The molecule has 0 aromatic heterocycles. The molecule has 0 aliphatic carbocycles. The van der Waals surface area contributed by atoms with Crippen molar-refractivity contribution in [3.8, 4) is 11.5 Å². The number of benzene rings is 2. The van der Waals surface area contributed by atoms with Crippen molar-refractivity contribution in [2.75, 3.05) is 11.6 Å². The van der Waals surface area contributed by atoms with E-state index in [-0.39, 0.29) is 5.91 Å². The summed E-state index contributed by atoms with van der Waals surface area (Å²) in [6.45, 7) is 1.47. The van der Waals surface area contributed by atoms with Gasteiger partial charge < -0.3 is 10.1 Å². The Hall–Kier alpha value is -1.65. The van der Waals surface area contributed by atoms with Crippen LogP contribution >= 0.6 is 23.4 Å². The highest BCUT2D eigenvalue weighted by molar-refractivity contribution is 7.98. The van der Waals surface area contributed by atoms with Gasteiger partial charge in [-0.05, 0) is 48.7 Å². The number of anilines is 1. The lowest BCUT2D eigenvalue weighted by Crippen LogP contribution is -2.05. The van der Waals surface area contributed by atoms with E-state index in [1.54, 1.807) is 36.0 Å². The topological polar surface area (TPSA) is 38.3 Å². The quantitative estimate of drug-likeness (QED) is 0.824. The Morgan fingerprint density at radius 1 is 1.20 bits per heavy atom. The molecule has 0 bridgehead atoms. The average Bonchev–Trinajstić information content (AvgIpc) is 2.42. The zero-order valence-corrected chi connectivity index (χ0v) is 12.7. The number of thioether (sulfide) groups is 1. The molecule has 104 valence electrons. The molecule has 1 N–H and O–H groups in total. The summed E-state index contributed by atoms with van der Waals surface area (Å²) < 4.78 is 5.71. The zero-order valence-electron chi connectivity index (χ0n) is 11.1. The maximum Gasteiger partial charge on any atom is 0.221 e. The Labute approximate surface area is 127 Å². The number of hydrogen-bond acceptors (Lipinski definition) is 3. The molecule has 2 rings (SSSR count). The summed E-state index contributed by atoms with van der Waals surface area (Å²) in [7, 11) is 0. The minimum absolute atomic E-state index is 0.102. The second-order valence-electron chi connectivity index (χ2n) is 4.10. The van der Waals surface area contributed by atoms with Gasteiger partial charge in [0.05, 0.1) is 5.02 Å². The highest BCUT2D eigenvalue weighted by Crippen LogP contribution is 2.32. The van der Waals surface area contributed by atoms with Gasteiger partial charge in [0.15, 0.2) is 0 Å². The van der Waals surface area contributed by atoms with Crippen LogP contribution in [0.4, 0.5) is 5.69 Å². The largest absolute Gasteiger partial charge is 0.456 e. The summed E-state index contributed by atoms with van der Waals surface area (Å²) in [5.74, 6) is 1.17. The van der Waals surface area contributed by atoms with E-state index in [0.717, 1.165) is 10.6 Å². The molecule has 0 spiro atoms. The van der Waals surface area contributed by atoms with Crippen LogP contribution in [0.2, 0.25) is 5.02 Å². The molecular weight excluding hydrogens is 294 g/mol. The van der Waals surface area contributed by atoms with Crippen molar-refractivity contribution in [2.45, 2.75) is 11.8 Å². The summed E-state index contributed by atoms with van der Waals surface area (Å²) in [6.07, 6.45) is 1.99. The number of nitrogens with one attached hydrogen (secondary N) is 1. The van der Waals surface area contributed by atoms with Crippen molar-refractivity contribution < 1.29 is 9.53 Å². The molecule has 0 saturated heterocycles. The minimum atomic E-state index is -0.102. The van der Waals surface area contributed by atoms with Crippen LogP contribution in [0.25, 0.3) is 0 Å². The maximum absolute atomic E-state index is 10.9. The van der Waals surface area contributed by atoms with Gasteiger partial charge in [0.2, 0.25) is 5.91 Å². The van der Waals surface area contributed by atoms with E-state index in [1.165, 1.54) is 6.92 Å². The number of halogens is 1. The number of amides is 1. The second kappa shape index (κ2) is 6.68. The van der Waals surface area contributed by atoms with Gasteiger partial charge in [-0.1, -0.05) is 11.6 Å². The van der Waals surface area contributed by atoms with Gasteiger partial charge in [0.1, 0.15) is 11.5 Å². The SMILES string of the molecule is CSc1ccc(Oc2ccc(NC(C)=O)cc2)c(Cl)c1. The highest BCUT2D eigenvalue weighted by Gasteiger charge is 2.05. The first kappa shape index (κ1) is 14.8. The third-order valence-corrected chi connectivity index (χ3v) is 3.56. The van der Waals surface area contributed by atoms with Gasteiger partial charge in [-0.2, -0.15) is 0 Å². The molecule has 0 fully saturated rings. The standard InChI is InChI=1S/C15H14ClNO2S/c1-10(18)17-11-3-5-12(6-4-11)19-15-8-7-13(20-2)9-14(15)16/h3-9H,1-2H3,(H,17,18). The van der Waals surface area contributed by atoms with E-state index < -0.39 is 0 Å². The molecule has 2 aromatic rings. The van der Waals surface area contributed by atoms with Crippen LogP contribution in [0.1, 0.15) is 6.92 Å². The number of rotatable bonds is 4. The van der Waals surface area contributed by atoms with Gasteiger partial charge in [-0.25, -0.2) is 0 Å². The van der Waals surface area contributed by atoms with Crippen molar-refractivity contribution in [3.63, 3.8) is 0 Å². The third kappa shape index (κ3) is 3.92. The molecule has 2 aromatic carbocycles. The van der Waals surface area contributed by atoms with Crippen molar-refractivity contribution in [2.24, 2.45) is 0 Å². The summed E-state index contributed by atoms with van der Waals surface area (Å²) in [6, 6.07) is 12.8. The summed E-state index contributed by atoms with van der Waals surface area (Å²) in [4.78, 5) is 12.0. The second-order valence-corrected chi connectivity index (χ2v) is 5.39. The molecule has 0 heterocycles. The van der Waals surface area contributed by atoms with Gasteiger partial charge in [-0.15, -0.1) is 11.8 Å². The van der Waals surface area contributed by atoms with Crippen molar-refractivity contribution in [3.05, 3.63) is 47.5 Å². The molecule has 0 saturated carbocycles. The molecule has 0 unspecified atom stereocenters. The highest BCUT2D eigenvalue weighted by atomic mass is 35.5. The third-order valence-electron chi connectivity index (χ3n) is 2.54. The molecule has 3 nitrogen and oxygen atoms in total. The molecule has 0 atom stereocenters. The van der Waals surface area contributed by atoms with Crippen LogP contribution in [0.3, 0.4) is 0 Å². The Morgan fingerprint density at radius 3 is 2.45 bits per heavy atom. The van der Waals surface area contributed by atoms with E-state index >= 15 is 0 Å². The normalized spacial score (nSPS) is 10.2. The van der Waals surface area contributed by atoms with Gasteiger partial charge >= 0.3 is 0 Å². The maximum atomic E-state index is 10.9. The average molecular weight is 308 g/mol. The fourth-order valence-corrected chi connectivity index (χ4v) is 2.35. The summed E-state index contributed by atoms with van der Waals surface area (Å²) in [5, 5.41) is 3.27. The van der Waals surface area contributed by atoms with E-state index in [4.69, 9.17) is 16.3 Å². The molecule has 0 aliphatic rings. The molecule has 0 radical (unpaired) electrons. The Bertz CT molecular complexity index is 614. The predicted molar refractivity (Wildman–Crippen MR) is 84.1 cm³/mol. The first-order valence-electron chi connectivity index (χ1n) is 5.97. The van der Waals surface area contributed by atoms with Crippen molar-refractivity contribution >= 4 is 35.0 Å². The van der Waals surface area contributed by atoms with Crippen LogP contribution in [0.15, 0.2) is 47.4 Å². The van der Waals surface area contributed by atoms with E-state index in [0.29, 0.717) is 16.5 Å². The van der Waals surface area contributed by atoms with E-state index in [2.05, 4.69) is 5.32 Å². The van der Waals surface area contributed by atoms with Crippen LogP contribution < -0.4 is 10.1 Å². The van der Waals surface area contributed by atoms with Gasteiger partial charge in [-0.3, -0.25) is 4.79 Å². The smallest absolute Gasteiger partial charge is 0.221 e. The zero-order chi connectivity index (χ0) is 14.5. The molecule has 20 heavy (non-hydrogen) atoms.